The minimum Gasteiger partial charge on any atom is -0.351 e. The van der Waals surface area contributed by atoms with Crippen LogP contribution in [0.3, 0.4) is 0 Å². The van der Waals surface area contributed by atoms with E-state index in [0.717, 1.165) is 35.5 Å². The van der Waals surface area contributed by atoms with E-state index < -0.39 is 0 Å². The highest BCUT2D eigenvalue weighted by molar-refractivity contribution is 9.10. The molecular formula is C14H22BrN3. The maximum atomic E-state index is 4.71. The summed E-state index contributed by atoms with van der Waals surface area (Å²) in [6.45, 7) is 8.66. The first kappa shape index (κ1) is 13.8. The maximum Gasteiger partial charge on any atom is 0.129 e. The largest absolute Gasteiger partial charge is 0.351 e. The summed E-state index contributed by atoms with van der Waals surface area (Å²) in [5, 5.41) is 3.62. The van der Waals surface area contributed by atoms with Crippen LogP contribution in [0.5, 0.6) is 0 Å². The summed E-state index contributed by atoms with van der Waals surface area (Å²) in [4.78, 5) is 7.18. The van der Waals surface area contributed by atoms with Gasteiger partial charge in [-0.25, -0.2) is 4.98 Å². The molecule has 18 heavy (non-hydrogen) atoms. The fraction of sp³-hybridized carbons (Fsp3) is 0.643. The van der Waals surface area contributed by atoms with Gasteiger partial charge in [-0.1, -0.05) is 13.8 Å². The summed E-state index contributed by atoms with van der Waals surface area (Å²) in [5.74, 6) is 1.11. The Bertz CT molecular complexity index is 408. The molecule has 2 heterocycles. The van der Waals surface area contributed by atoms with E-state index in [9.17, 15) is 0 Å². The molecule has 1 aliphatic heterocycles. The summed E-state index contributed by atoms with van der Waals surface area (Å²) >= 11 is 3.52. The van der Waals surface area contributed by atoms with Crippen molar-refractivity contribution in [1.82, 2.24) is 10.3 Å². The van der Waals surface area contributed by atoms with E-state index >= 15 is 0 Å². The second kappa shape index (κ2) is 6.02. The highest BCUT2D eigenvalue weighted by atomic mass is 79.9. The van der Waals surface area contributed by atoms with E-state index in [2.05, 4.69) is 52.1 Å². The first-order chi connectivity index (χ1) is 8.65. The van der Waals surface area contributed by atoms with Crippen molar-refractivity contribution in [3.05, 3.63) is 22.3 Å². The van der Waals surface area contributed by atoms with Gasteiger partial charge in [-0.3, -0.25) is 0 Å². The molecule has 4 heteroatoms. The third-order valence-corrected chi connectivity index (χ3v) is 4.60. The third-order valence-electron chi connectivity index (χ3n) is 3.76. The summed E-state index contributed by atoms with van der Waals surface area (Å²) in [6.07, 6.45) is 2.32. The molecule has 0 bridgehead atoms. The Balaban J connectivity index is 2.23. The first-order valence-corrected chi connectivity index (χ1v) is 7.58. The van der Waals surface area contributed by atoms with Crippen molar-refractivity contribution in [2.75, 3.05) is 18.0 Å². The predicted molar refractivity (Wildman–Crippen MR) is 80.2 cm³/mol. The summed E-state index contributed by atoms with van der Waals surface area (Å²) < 4.78 is 1.08. The molecule has 1 saturated heterocycles. The van der Waals surface area contributed by atoms with Gasteiger partial charge in [0.05, 0.1) is 5.69 Å². The van der Waals surface area contributed by atoms with Gasteiger partial charge in [0.1, 0.15) is 5.82 Å². The Morgan fingerprint density at radius 3 is 2.78 bits per heavy atom. The molecule has 0 aromatic carbocycles. The number of pyridine rings is 1. The number of rotatable bonds is 3. The monoisotopic (exact) mass is 311 g/mol. The van der Waals surface area contributed by atoms with Gasteiger partial charge in [0.2, 0.25) is 0 Å². The number of hydrogen-bond acceptors (Lipinski definition) is 3. The normalized spacial score (nSPS) is 24.3. The van der Waals surface area contributed by atoms with Crippen molar-refractivity contribution in [3.63, 3.8) is 0 Å². The van der Waals surface area contributed by atoms with Crippen LogP contribution in [0.25, 0.3) is 0 Å². The second-order valence-electron chi connectivity index (χ2n) is 4.96. The lowest BCUT2D eigenvalue weighted by Crippen LogP contribution is -2.56. The molecule has 3 nitrogen and oxygen atoms in total. The van der Waals surface area contributed by atoms with Crippen LogP contribution < -0.4 is 10.2 Å². The van der Waals surface area contributed by atoms with Crippen molar-refractivity contribution >= 4 is 21.7 Å². The quantitative estimate of drug-likeness (QED) is 0.929. The molecule has 0 aliphatic carbocycles. The zero-order valence-electron chi connectivity index (χ0n) is 11.4. The minimum atomic E-state index is 0.556. The molecule has 1 aromatic heterocycles. The van der Waals surface area contributed by atoms with Gasteiger partial charge in [0, 0.05) is 29.6 Å². The van der Waals surface area contributed by atoms with Gasteiger partial charge in [-0.05, 0) is 47.8 Å². The fourth-order valence-electron chi connectivity index (χ4n) is 2.47. The summed E-state index contributed by atoms with van der Waals surface area (Å²) in [7, 11) is 0. The van der Waals surface area contributed by atoms with Crippen molar-refractivity contribution in [2.45, 2.75) is 45.7 Å². The number of hydrogen-bond donors (Lipinski definition) is 1. The average Bonchev–Trinajstić information content (AvgIpc) is 2.41. The molecule has 0 spiro atoms. The summed E-state index contributed by atoms with van der Waals surface area (Å²) in [6, 6.07) is 5.37. The van der Waals surface area contributed by atoms with E-state index in [-0.39, 0.29) is 0 Å². The SMILES string of the molecule is CCC1CN(c2ccc(Br)c(C)n2)C(CC)CN1. The van der Waals surface area contributed by atoms with Crippen LogP contribution in [0.4, 0.5) is 5.82 Å². The lowest BCUT2D eigenvalue weighted by molar-refractivity contribution is 0.376. The standard InChI is InChI=1S/C14H22BrN3/c1-4-11-9-18(12(5-2)8-16-11)14-7-6-13(15)10(3)17-14/h6-7,11-12,16H,4-5,8-9H2,1-3H3. The van der Waals surface area contributed by atoms with Crippen LogP contribution in [0.1, 0.15) is 32.4 Å². The highest BCUT2D eigenvalue weighted by Gasteiger charge is 2.26. The smallest absolute Gasteiger partial charge is 0.129 e. The van der Waals surface area contributed by atoms with Crippen molar-refractivity contribution in [3.8, 4) is 0 Å². The van der Waals surface area contributed by atoms with Gasteiger partial charge in [-0.2, -0.15) is 0 Å². The zero-order valence-corrected chi connectivity index (χ0v) is 13.0. The Morgan fingerprint density at radius 2 is 2.17 bits per heavy atom. The Morgan fingerprint density at radius 1 is 1.39 bits per heavy atom. The van der Waals surface area contributed by atoms with Crippen LogP contribution in [-0.4, -0.2) is 30.2 Å². The van der Waals surface area contributed by atoms with E-state index in [0.29, 0.717) is 12.1 Å². The minimum absolute atomic E-state index is 0.556. The van der Waals surface area contributed by atoms with Crippen molar-refractivity contribution in [1.29, 1.82) is 0 Å². The van der Waals surface area contributed by atoms with Crippen LogP contribution in [0, 0.1) is 6.92 Å². The topological polar surface area (TPSA) is 28.2 Å². The number of aryl methyl sites for hydroxylation is 1. The molecule has 2 unspecified atom stereocenters. The molecule has 0 amide bonds. The number of aromatic nitrogens is 1. The predicted octanol–water partition coefficient (Wildman–Crippen LogP) is 3.12. The molecule has 0 saturated carbocycles. The van der Waals surface area contributed by atoms with Crippen LogP contribution >= 0.6 is 15.9 Å². The molecule has 1 N–H and O–H groups in total. The fourth-order valence-corrected chi connectivity index (χ4v) is 2.69. The lowest BCUT2D eigenvalue weighted by atomic mass is 10.1. The lowest BCUT2D eigenvalue weighted by Gasteiger charge is -2.41. The highest BCUT2D eigenvalue weighted by Crippen LogP contribution is 2.23. The number of anilines is 1. The Kier molecular flexibility index (Phi) is 4.62. The number of piperazine rings is 1. The van der Waals surface area contributed by atoms with Crippen LogP contribution in [0.2, 0.25) is 0 Å². The van der Waals surface area contributed by atoms with E-state index in [1.165, 1.54) is 6.42 Å². The summed E-state index contributed by atoms with van der Waals surface area (Å²) in [5.41, 5.74) is 1.06. The molecule has 0 radical (unpaired) electrons. The molecule has 2 atom stereocenters. The van der Waals surface area contributed by atoms with Gasteiger partial charge in [0.25, 0.3) is 0 Å². The number of halogens is 1. The Labute approximate surface area is 118 Å². The van der Waals surface area contributed by atoms with Crippen LogP contribution in [0.15, 0.2) is 16.6 Å². The van der Waals surface area contributed by atoms with Gasteiger partial charge < -0.3 is 10.2 Å². The average molecular weight is 312 g/mol. The first-order valence-electron chi connectivity index (χ1n) is 6.78. The van der Waals surface area contributed by atoms with Crippen molar-refractivity contribution in [2.24, 2.45) is 0 Å². The maximum absolute atomic E-state index is 4.71. The van der Waals surface area contributed by atoms with Gasteiger partial charge in [-0.15, -0.1) is 0 Å². The Hall–Kier alpha value is -0.610. The van der Waals surface area contributed by atoms with Gasteiger partial charge in [0.15, 0.2) is 0 Å². The molecule has 2 rings (SSSR count). The van der Waals surface area contributed by atoms with Crippen molar-refractivity contribution < 1.29 is 0 Å². The van der Waals surface area contributed by atoms with Crippen LogP contribution in [-0.2, 0) is 0 Å². The molecule has 1 fully saturated rings. The number of nitrogens with one attached hydrogen (secondary N) is 1. The third kappa shape index (κ3) is 2.86. The van der Waals surface area contributed by atoms with E-state index in [1.807, 2.05) is 6.92 Å². The molecule has 1 aromatic rings. The molecule has 1 aliphatic rings. The zero-order chi connectivity index (χ0) is 13.1. The molecular weight excluding hydrogens is 290 g/mol. The second-order valence-corrected chi connectivity index (χ2v) is 5.82. The number of nitrogens with zero attached hydrogens (tertiary/aromatic N) is 2. The van der Waals surface area contributed by atoms with Gasteiger partial charge >= 0.3 is 0 Å². The van der Waals surface area contributed by atoms with E-state index in [1.54, 1.807) is 0 Å². The van der Waals surface area contributed by atoms with E-state index in [4.69, 9.17) is 4.98 Å². The molecule has 100 valence electrons.